The number of hydrogen-bond donors (Lipinski definition) is 1. The minimum absolute atomic E-state index is 0.713. The van der Waals surface area contributed by atoms with Crippen molar-refractivity contribution in [2.45, 2.75) is 6.92 Å². The van der Waals surface area contributed by atoms with Gasteiger partial charge < -0.3 is 10.5 Å². The number of rotatable bonds is 1. The lowest BCUT2D eigenvalue weighted by Gasteiger charge is -2.03. The Hall–Kier alpha value is -0.595. The Kier molecular flexibility index (Phi) is 2.34. The summed E-state index contributed by atoms with van der Waals surface area (Å²) >= 11 is 0. The molecule has 3 heteroatoms. The smallest absolute Gasteiger partial charge is 0.225 e. The fourth-order valence-electron chi connectivity index (χ4n) is 0.321. The van der Waals surface area contributed by atoms with Crippen molar-refractivity contribution in [2.75, 3.05) is 7.05 Å². The van der Waals surface area contributed by atoms with Crippen LogP contribution < -0.4 is 5.73 Å². The standard InChI is InChI=1S/C4H9BN2/c1-4(6)3-7(2)5/h3H,6H2,1-2H3/b4-3-. The zero-order valence-corrected chi connectivity index (χ0v) is 4.68. The van der Waals surface area contributed by atoms with Crippen molar-refractivity contribution < 1.29 is 0 Å². The highest BCUT2D eigenvalue weighted by Crippen LogP contribution is 1.79. The first kappa shape index (κ1) is 6.40. The van der Waals surface area contributed by atoms with Crippen LogP contribution in [0.15, 0.2) is 11.9 Å². The first-order valence-corrected chi connectivity index (χ1v) is 2.04. The van der Waals surface area contributed by atoms with Gasteiger partial charge in [-0.1, -0.05) is 0 Å². The van der Waals surface area contributed by atoms with E-state index in [1.54, 1.807) is 20.2 Å². The fourth-order valence-corrected chi connectivity index (χ4v) is 0.321. The Morgan fingerprint density at radius 2 is 2.29 bits per heavy atom. The van der Waals surface area contributed by atoms with Crippen LogP contribution in [0.1, 0.15) is 6.92 Å². The lowest BCUT2D eigenvalue weighted by molar-refractivity contribution is 0.737. The van der Waals surface area contributed by atoms with E-state index in [0.29, 0.717) is 5.70 Å². The van der Waals surface area contributed by atoms with Crippen molar-refractivity contribution >= 4 is 7.98 Å². The Labute approximate surface area is 45.4 Å². The van der Waals surface area contributed by atoms with Gasteiger partial charge in [-0.25, -0.2) is 0 Å². The van der Waals surface area contributed by atoms with E-state index in [4.69, 9.17) is 13.7 Å². The van der Waals surface area contributed by atoms with E-state index in [1.165, 1.54) is 4.81 Å². The SMILES string of the molecule is [B]N(C)/C=C(/C)N. The second-order valence-electron chi connectivity index (χ2n) is 1.54. The summed E-state index contributed by atoms with van der Waals surface area (Å²) in [5, 5.41) is 0. The Bertz CT molecular complexity index is 73.8. The van der Waals surface area contributed by atoms with Gasteiger partial charge in [0.15, 0.2) is 0 Å². The van der Waals surface area contributed by atoms with Crippen LogP contribution in [-0.4, -0.2) is 19.8 Å². The van der Waals surface area contributed by atoms with Crippen LogP contribution in [0.5, 0.6) is 0 Å². The van der Waals surface area contributed by atoms with Crippen molar-refractivity contribution in [1.29, 1.82) is 0 Å². The van der Waals surface area contributed by atoms with Crippen LogP contribution in [0.2, 0.25) is 0 Å². The molecule has 2 nitrogen and oxygen atoms in total. The molecule has 7 heavy (non-hydrogen) atoms. The highest BCUT2D eigenvalue weighted by atomic mass is 15.0. The highest BCUT2D eigenvalue weighted by Gasteiger charge is 1.76. The summed E-state index contributed by atoms with van der Waals surface area (Å²) in [4.78, 5) is 1.41. The molecule has 0 atom stereocenters. The molecule has 0 saturated heterocycles. The summed E-state index contributed by atoms with van der Waals surface area (Å²) in [6, 6.07) is 0. The predicted molar refractivity (Wildman–Crippen MR) is 31.5 cm³/mol. The van der Waals surface area contributed by atoms with Gasteiger partial charge in [0, 0.05) is 11.9 Å². The maximum Gasteiger partial charge on any atom is 0.225 e. The van der Waals surface area contributed by atoms with E-state index in [2.05, 4.69) is 0 Å². The molecule has 38 valence electrons. The van der Waals surface area contributed by atoms with Gasteiger partial charge in [0.2, 0.25) is 7.98 Å². The highest BCUT2D eigenvalue weighted by molar-refractivity contribution is 6.04. The minimum atomic E-state index is 0.713. The zero-order chi connectivity index (χ0) is 5.86. The second kappa shape index (κ2) is 2.56. The van der Waals surface area contributed by atoms with Crippen molar-refractivity contribution in [1.82, 2.24) is 4.81 Å². The van der Waals surface area contributed by atoms with Gasteiger partial charge in [-0.2, -0.15) is 0 Å². The van der Waals surface area contributed by atoms with Crippen LogP contribution in [0.3, 0.4) is 0 Å². The maximum absolute atomic E-state index is 5.23. The molecular formula is C4H9BN2. The second-order valence-corrected chi connectivity index (χ2v) is 1.54. The molecule has 0 aliphatic rings. The van der Waals surface area contributed by atoms with Gasteiger partial charge in [0.05, 0.1) is 0 Å². The van der Waals surface area contributed by atoms with Crippen molar-refractivity contribution in [2.24, 2.45) is 5.73 Å². The van der Waals surface area contributed by atoms with Crippen molar-refractivity contribution in [3.05, 3.63) is 11.9 Å². The van der Waals surface area contributed by atoms with Crippen LogP contribution in [0.4, 0.5) is 0 Å². The normalized spacial score (nSPS) is 11.4. The Morgan fingerprint density at radius 3 is 2.29 bits per heavy atom. The first-order chi connectivity index (χ1) is 3.13. The van der Waals surface area contributed by atoms with Crippen molar-refractivity contribution in [3.8, 4) is 0 Å². The molecule has 0 heterocycles. The molecule has 0 aromatic carbocycles. The van der Waals surface area contributed by atoms with E-state index >= 15 is 0 Å². The van der Waals surface area contributed by atoms with Gasteiger partial charge >= 0.3 is 0 Å². The van der Waals surface area contributed by atoms with E-state index < -0.39 is 0 Å². The maximum atomic E-state index is 5.23. The van der Waals surface area contributed by atoms with Gasteiger partial charge in [-0.15, -0.1) is 0 Å². The first-order valence-electron chi connectivity index (χ1n) is 2.04. The number of hydrogen-bond acceptors (Lipinski definition) is 2. The van der Waals surface area contributed by atoms with E-state index in [0.717, 1.165) is 0 Å². The molecule has 0 unspecified atom stereocenters. The summed E-state index contributed by atoms with van der Waals surface area (Å²) in [7, 11) is 6.89. The van der Waals surface area contributed by atoms with Gasteiger partial charge in [-0.3, -0.25) is 0 Å². The molecule has 2 radical (unpaired) electrons. The third-order valence-electron chi connectivity index (χ3n) is 0.407. The van der Waals surface area contributed by atoms with Crippen LogP contribution in [0, 0.1) is 0 Å². The molecular weight excluding hydrogens is 86.9 g/mol. The fraction of sp³-hybridized carbons (Fsp3) is 0.500. The molecule has 0 aliphatic carbocycles. The molecule has 0 bridgehead atoms. The minimum Gasteiger partial charge on any atom is -0.432 e. The lowest BCUT2D eigenvalue weighted by atomic mass is 10.3. The molecule has 0 aromatic rings. The topological polar surface area (TPSA) is 29.3 Å². The average Bonchev–Trinajstić information content (AvgIpc) is 1.27. The third-order valence-corrected chi connectivity index (χ3v) is 0.407. The molecule has 0 fully saturated rings. The molecule has 0 amide bonds. The van der Waals surface area contributed by atoms with Crippen LogP contribution in [0.25, 0.3) is 0 Å². The summed E-state index contributed by atoms with van der Waals surface area (Å²) in [5.41, 5.74) is 5.95. The predicted octanol–water partition coefficient (Wildman–Crippen LogP) is -0.178. The van der Waals surface area contributed by atoms with Gasteiger partial charge in [0.1, 0.15) is 0 Å². The molecule has 0 rings (SSSR count). The van der Waals surface area contributed by atoms with Gasteiger partial charge in [0.25, 0.3) is 0 Å². The largest absolute Gasteiger partial charge is 0.432 e. The average molecular weight is 95.9 g/mol. The van der Waals surface area contributed by atoms with E-state index in [-0.39, 0.29) is 0 Å². The third kappa shape index (κ3) is 5.40. The Balaban J connectivity index is 3.45. The monoisotopic (exact) mass is 96.1 g/mol. The summed E-state index contributed by atoms with van der Waals surface area (Å²) in [6.07, 6.45) is 1.64. The number of nitrogens with two attached hydrogens (primary N) is 1. The van der Waals surface area contributed by atoms with Crippen LogP contribution in [-0.2, 0) is 0 Å². The molecule has 0 spiro atoms. The van der Waals surface area contributed by atoms with Crippen molar-refractivity contribution in [3.63, 3.8) is 0 Å². The molecule has 2 N–H and O–H groups in total. The summed E-state index contributed by atoms with van der Waals surface area (Å²) in [6.45, 7) is 1.78. The summed E-state index contributed by atoms with van der Waals surface area (Å²) < 4.78 is 0. The molecule has 0 aromatic heterocycles. The zero-order valence-electron chi connectivity index (χ0n) is 4.68. The lowest BCUT2D eigenvalue weighted by Crippen LogP contribution is -2.07. The van der Waals surface area contributed by atoms with Crippen LogP contribution >= 0.6 is 0 Å². The van der Waals surface area contributed by atoms with Gasteiger partial charge in [-0.05, 0) is 14.0 Å². The Morgan fingerprint density at radius 1 is 1.86 bits per heavy atom. The molecule has 0 aliphatic heterocycles. The summed E-state index contributed by atoms with van der Waals surface area (Å²) in [5.74, 6) is 0. The number of nitrogens with zero attached hydrogens (tertiary/aromatic N) is 1. The van der Waals surface area contributed by atoms with E-state index in [1.807, 2.05) is 0 Å². The van der Waals surface area contributed by atoms with E-state index in [9.17, 15) is 0 Å². The molecule has 0 saturated carbocycles. The quantitative estimate of drug-likeness (QED) is 0.459. The number of allylic oxidation sites excluding steroid dienone is 1.